The van der Waals surface area contributed by atoms with Gasteiger partial charge in [0.25, 0.3) is 5.69 Å². The van der Waals surface area contributed by atoms with Gasteiger partial charge in [-0.1, -0.05) is 48.5 Å². The highest BCUT2D eigenvalue weighted by atomic mass is 32.1. The summed E-state index contributed by atoms with van der Waals surface area (Å²) in [5, 5.41) is 11.7. The van der Waals surface area contributed by atoms with Crippen LogP contribution < -0.4 is 4.74 Å². The van der Waals surface area contributed by atoms with E-state index in [-0.39, 0.29) is 5.69 Å². The minimum Gasteiger partial charge on any atom is -0.489 e. The number of hydrogen-bond donors (Lipinski definition) is 0. The fourth-order valence-electron chi connectivity index (χ4n) is 2.70. The molecule has 0 spiro atoms. The van der Waals surface area contributed by atoms with Gasteiger partial charge in [0.1, 0.15) is 17.4 Å². The first-order valence-electron chi connectivity index (χ1n) is 8.67. The van der Waals surface area contributed by atoms with Gasteiger partial charge in [-0.2, -0.15) is 0 Å². The van der Waals surface area contributed by atoms with Crippen molar-refractivity contribution < 1.29 is 9.66 Å². The Labute approximate surface area is 165 Å². The van der Waals surface area contributed by atoms with E-state index in [9.17, 15) is 10.1 Å². The molecule has 0 N–H and O–H groups in total. The van der Waals surface area contributed by atoms with Crippen molar-refractivity contribution in [1.82, 2.24) is 4.98 Å². The van der Waals surface area contributed by atoms with Gasteiger partial charge >= 0.3 is 0 Å². The summed E-state index contributed by atoms with van der Waals surface area (Å²) in [6.45, 7) is 0.536. The fourth-order valence-corrected chi connectivity index (χ4v) is 3.55. The van der Waals surface area contributed by atoms with Crippen LogP contribution in [0.1, 0.15) is 16.1 Å². The highest BCUT2D eigenvalue weighted by Crippen LogP contribution is 2.27. The molecule has 0 aliphatic rings. The minimum absolute atomic E-state index is 0.0550. The van der Waals surface area contributed by atoms with Crippen LogP contribution in [0.4, 0.5) is 5.69 Å². The predicted octanol–water partition coefficient (Wildman–Crippen LogP) is 5.95. The molecule has 0 atom stereocenters. The second-order valence-electron chi connectivity index (χ2n) is 6.14. The van der Waals surface area contributed by atoms with E-state index < -0.39 is 4.92 Å². The number of nitro benzene ring substituents is 1. The summed E-state index contributed by atoms with van der Waals surface area (Å²) >= 11 is 1.50. The highest BCUT2D eigenvalue weighted by molar-refractivity contribution is 7.19. The van der Waals surface area contributed by atoms with Crippen molar-refractivity contribution in [1.29, 1.82) is 0 Å². The maximum absolute atomic E-state index is 10.9. The van der Waals surface area contributed by atoms with E-state index >= 15 is 0 Å². The molecule has 0 saturated heterocycles. The van der Waals surface area contributed by atoms with E-state index in [0.29, 0.717) is 12.1 Å². The van der Waals surface area contributed by atoms with Crippen molar-refractivity contribution >= 4 is 39.4 Å². The third-order valence-corrected chi connectivity index (χ3v) is 5.15. The van der Waals surface area contributed by atoms with Crippen LogP contribution in [0.5, 0.6) is 5.75 Å². The first-order valence-corrected chi connectivity index (χ1v) is 9.49. The Bertz CT molecular complexity index is 1140. The molecule has 0 bridgehead atoms. The minimum atomic E-state index is -0.407. The summed E-state index contributed by atoms with van der Waals surface area (Å²) < 4.78 is 6.72. The smallest absolute Gasteiger partial charge is 0.271 e. The maximum atomic E-state index is 10.9. The van der Waals surface area contributed by atoms with Gasteiger partial charge in [0, 0.05) is 12.1 Å². The van der Waals surface area contributed by atoms with Crippen molar-refractivity contribution in [3.8, 4) is 5.75 Å². The molecule has 28 heavy (non-hydrogen) atoms. The quantitative estimate of drug-likeness (QED) is 0.302. The lowest BCUT2D eigenvalue weighted by Crippen LogP contribution is -1.94. The molecule has 1 heterocycles. The lowest BCUT2D eigenvalue weighted by atomic mass is 10.2. The lowest BCUT2D eigenvalue weighted by Gasteiger charge is -2.06. The van der Waals surface area contributed by atoms with Crippen molar-refractivity contribution in [3.05, 3.63) is 99.0 Å². The zero-order valence-electron chi connectivity index (χ0n) is 14.8. The van der Waals surface area contributed by atoms with Gasteiger partial charge < -0.3 is 4.74 Å². The Morgan fingerprint density at radius 2 is 1.79 bits per heavy atom. The number of fused-ring (bicyclic) bond motifs is 1. The predicted molar refractivity (Wildman–Crippen MR) is 112 cm³/mol. The van der Waals surface area contributed by atoms with E-state index in [1.54, 1.807) is 6.07 Å². The Morgan fingerprint density at radius 1 is 1.00 bits per heavy atom. The largest absolute Gasteiger partial charge is 0.489 e. The van der Waals surface area contributed by atoms with Crippen LogP contribution in [0.15, 0.2) is 72.8 Å². The first-order chi connectivity index (χ1) is 13.7. The number of nitrogens with zero attached hydrogens (tertiary/aromatic N) is 2. The molecule has 4 rings (SSSR count). The van der Waals surface area contributed by atoms with Gasteiger partial charge in [-0.05, 0) is 35.4 Å². The van der Waals surface area contributed by atoms with Crippen molar-refractivity contribution in [3.63, 3.8) is 0 Å². The normalized spacial score (nSPS) is 11.1. The molecule has 0 fully saturated rings. The molecule has 0 saturated carbocycles. The topological polar surface area (TPSA) is 65.3 Å². The second kappa shape index (κ2) is 8.02. The van der Waals surface area contributed by atoms with E-state index in [0.717, 1.165) is 26.6 Å². The van der Waals surface area contributed by atoms with Gasteiger partial charge in [0.05, 0.1) is 15.1 Å². The van der Waals surface area contributed by atoms with Crippen molar-refractivity contribution in [2.45, 2.75) is 6.61 Å². The molecular weight excluding hydrogens is 372 g/mol. The Balaban J connectivity index is 1.43. The summed E-state index contributed by atoms with van der Waals surface area (Å²) in [5.74, 6) is 0.813. The summed E-state index contributed by atoms with van der Waals surface area (Å²) in [5.41, 5.74) is 2.85. The van der Waals surface area contributed by atoms with Crippen LogP contribution in [-0.4, -0.2) is 9.91 Å². The monoisotopic (exact) mass is 388 g/mol. The van der Waals surface area contributed by atoms with Gasteiger partial charge in [-0.25, -0.2) is 4.98 Å². The summed E-state index contributed by atoms with van der Waals surface area (Å²) in [4.78, 5) is 14.9. The third-order valence-electron chi connectivity index (χ3n) is 4.15. The first kappa shape index (κ1) is 17.9. The fraction of sp³-hybridized carbons (Fsp3) is 0.0455. The van der Waals surface area contributed by atoms with Crippen LogP contribution in [0, 0.1) is 10.1 Å². The third kappa shape index (κ3) is 4.24. The van der Waals surface area contributed by atoms with Crippen molar-refractivity contribution in [2.75, 3.05) is 0 Å². The summed E-state index contributed by atoms with van der Waals surface area (Å²) in [7, 11) is 0. The van der Waals surface area contributed by atoms with Crippen LogP contribution in [-0.2, 0) is 6.61 Å². The number of thiazole rings is 1. The van der Waals surface area contributed by atoms with Gasteiger partial charge in [-0.15, -0.1) is 11.3 Å². The lowest BCUT2D eigenvalue weighted by molar-refractivity contribution is -0.384. The molecule has 3 aromatic carbocycles. The van der Waals surface area contributed by atoms with E-state index in [1.165, 1.54) is 23.5 Å². The van der Waals surface area contributed by atoms with Crippen LogP contribution in [0.2, 0.25) is 0 Å². The summed E-state index contributed by atoms with van der Waals surface area (Å²) in [6.07, 6.45) is 3.88. The molecule has 0 amide bonds. The molecule has 5 nitrogen and oxygen atoms in total. The van der Waals surface area contributed by atoms with Gasteiger partial charge in [-0.3, -0.25) is 10.1 Å². The molecule has 0 radical (unpaired) electrons. The zero-order chi connectivity index (χ0) is 19.3. The molecule has 0 aliphatic heterocycles. The average molecular weight is 388 g/mol. The average Bonchev–Trinajstić information content (AvgIpc) is 3.14. The standard InChI is InChI=1S/C22H16N2O3S/c25-24(26)18-9-12-21-20(14-18)23-22(28-21)13-8-16-6-10-19(11-7-16)27-15-17-4-2-1-3-5-17/h1-14H,15H2. The molecule has 0 unspecified atom stereocenters. The van der Waals surface area contributed by atoms with E-state index in [4.69, 9.17) is 4.74 Å². The SMILES string of the molecule is O=[N+]([O-])c1ccc2sc(C=Cc3ccc(OCc4ccccc4)cc3)nc2c1. The van der Waals surface area contributed by atoms with Gasteiger partial charge in [0.2, 0.25) is 0 Å². The molecule has 138 valence electrons. The number of rotatable bonds is 6. The zero-order valence-corrected chi connectivity index (χ0v) is 15.6. The number of nitro groups is 1. The van der Waals surface area contributed by atoms with Gasteiger partial charge in [0.15, 0.2) is 0 Å². The second-order valence-corrected chi connectivity index (χ2v) is 7.20. The van der Waals surface area contributed by atoms with Crippen LogP contribution in [0.3, 0.4) is 0 Å². The van der Waals surface area contributed by atoms with Crippen LogP contribution in [0.25, 0.3) is 22.4 Å². The molecule has 0 aliphatic carbocycles. The molecule has 6 heteroatoms. The Kier molecular flexibility index (Phi) is 5.12. The Morgan fingerprint density at radius 3 is 2.54 bits per heavy atom. The number of ether oxygens (including phenoxy) is 1. The maximum Gasteiger partial charge on any atom is 0.271 e. The number of benzene rings is 3. The van der Waals surface area contributed by atoms with Crippen molar-refractivity contribution in [2.24, 2.45) is 0 Å². The Hall–Kier alpha value is -3.51. The number of non-ortho nitro benzene ring substituents is 1. The number of aromatic nitrogens is 1. The van der Waals surface area contributed by atoms with E-state index in [1.807, 2.05) is 66.7 Å². The molecular formula is C22H16N2O3S. The molecule has 4 aromatic rings. The highest BCUT2D eigenvalue weighted by Gasteiger charge is 2.09. The number of hydrogen-bond acceptors (Lipinski definition) is 5. The molecule has 1 aromatic heterocycles. The van der Waals surface area contributed by atoms with E-state index in [2.05, 4.69) is 4.98 Å². The summed E-state index contributed by atoms with van der Waals surface area (Å²) in [6, 6.07) is 22.6. The van der Waals surface area contributed by atoms with Crippen LogP contribution >= 0.6 is 11.3 Å².